The van der Waals surface area contributed by atoms with Gasteiger partial charge < -0.3 is 5.32 Å². The molecule has 1 saturated heterocycles. The van der Waals surface area contributed by atoms with Crippen LogP contribution in [0.15, 0.2) is 24.3 Å². The molecular formula is C16H21N3O. The Morgan fingerprint density at radius 3 is 2.50 bits per heavy atom. The zero-order chi connectivity index (χ0) is 14.5. The van der Waals surface area contributed by atoms with E-state index in [1.54, 1.807) is 24.3 Å². The zero-order valence-corrected chi connectivity index (χ0v) is 12.1. The van der Waals surface area contributed by atoms with Gasteiger partial charge in [0.2, 0.25) is 5.91 Å². The van der Waals surface area contributed by atoms with E-state index >= 15 is 0 Å². The summed E-state index contributed by atoms with van der Waals surface area (Å²) in [6.45, 7) is 6.19. The highest BCUT2D eigenvalue weighted by molar-refractivity contribution is 5.94. The van der Waals surface area contributed by atoms with Gasteiger partial charge in [0.1, 0.15) is 0 Å². The number of carbonyl (C=O) groups excluding carboxylic acids is 1. The Balaban J connectivity index is 1.91. The number of hydrogen-bond donors (Lipinski definition) is 1. The lowest BCUT2D eigenvalue weighted by molar-refractivity contribution is -0.121. The van der Waals surface area contributed by atoms with Gasteiger partial charge in [-0.25, -0.2) is 0 Å². The van der Waals surface area contributed by atoms with Crippen LogP contribution in [-0.2, 0) is 4.79 Å². The first-order chi connectivity index (χ1) is 9.60. The highest BCUT2D eigenvalue weighted by Crippen LogP contribution is 2.19. The molecule has 1 fully saturated rings. The van der Waals surface area contributed by atoms with Crippen LogP contribution in [0, 0.1) is 17.2 Å². The molecule has 1 aromatic rings. The molecule has 1 heterocycles. The topological polar surface area (TPSA) is 56.1 Å². The first-order valence-electron chi connectivity index (χ1n) is 7.15. The molecule has 1 N–H and O–H groups in total. The highest BCUT2D eigenvalue weighted by Gasteiger charge is 2.24. The van der Waals surface area contributed by atoms with Crippen molar-refractivity contribution in [1.29, 1.82) is 5.26 Å². The summed E-state index contributed by atoms with van der Waals surface area (Å²) in [5, 5.41) is 11.7. The number of nitrogens with zero attached hydrogens (tertiary/aromatic N) is 2. The molecule has 4 nitrogen and oxygen atoms in total. The van der Waals surface area contributed by atoms with Crippen molar-refractivity contribution in [2.45, 2.75) is 32.7 Å². The Morgan fingerprint density at radius 2 is 1.95 bits per heavy atom. The number of rotatable bonds is 3. The molecule has 1 atom stereocenters. The van der Waals surface area contributed by atoms with Crippen LogP contribution in [0.25, 0.3) is 0 Å². The van der Waals surface area contributed by atoms with Gasteiger partial charge in [0.15, 0.2) is 0 Å². The van der Waals surface area contributed by atoms with Crippen LogP contribution in [0.4, 0.5) is 5.69 Å². The lowest BCUT2D eigenvalue weighted by Crippen LogP contribution is -2.45. The van der Waals surface area contributed by atoms with E-state index in [0.29, 0.717) is 5.56 Å². The van der Waals surface area contributed by atoms with Crippen LogP contribution >= 0.6 is 0 Å². The second-order valence-corrected chi connectivity index (χ2v) is 5.57. The summed E-state index contributed by atoms with van der Waals surface area (Å²) in [4.78, 5) is 14.5. The molecule has 0 unspecified atom stereocenters. The van der Waals surface area contributed by atoms with Gasteiger partial charge in [-0.2, -0.15) is 5.26 Å². The van der Waals surface area contributed by atoms with Gasteiger partial charge in [-0.3, -0.25) is 9.69 Å². The van der Waals surface area contributed by atoms with Crippen molar-refractivity contribution in [3.8, 4) is 6.07 Å². The third-order valence-corrected chi connectivity index (χ3v) is 4.03. The minimum atomic E-state index is -0.113. The van der Waals surface area contributed by atoms with Crippen molar-refractivity contribution in [2.24, 2.45) is 5.92 Å². The molecule has 0 bridgehead atoms. The number of hydrogen-bond acceptors (Lipinski definition) is 3. The summed E-state index contributed by atoms with van der Waals surface area (Å²) in [5.74, 6) is 0.782. The fourth-order valence-corrected chi connectivity index (χ4v) is 2.46. The number of nitrogens with one attached hydrogen (secondary N) is 1. The predicted octanol–water partition coefficient (Wildman–Crippen LogP) is 2.62. The van der Waals surface area contributed by atoms with Crippen LogP contribution < -0.4 is 5.32 Å². The average molecular weight is 271 g/mol. The summed E-state index contributed by atoms with van der Waals surface area (Å²) in [6.07, 6.45) is 2.32. The van der Waals surface area contributed by atoms with Crippen molar-refractivity contribution < 1.29 is 4.79 Å². The van der Waals surface area contributed by atoms with Gasteiger partial charge >= 0.3 is 0 Å². The Kier molecular flexibility index (Phi) is 4.75. The third-order valence-electron chi connectivity index (χ3n) is 4.03. The summed E-state index contributed by atoms with van der Waals surface area (Å²) < 4.78 is 0. The Bertz CT molecular complexity index is 495. The lowest BCUT2D eigenvalue weighted by atomic mass is 9.98. The van der Waals surface area contributed by atoms with Crippen molar-refractivity contribution >= 4 is 11.6 Å². The molecule has 1 amide bonds. The molecule has 2 rings (SSSR count). The average Bonchev–Trinajstić information content (AvgIpc) is 2.48. The quantitative estimate of drug-likeness (QED) is 0.919. The second-order valence-electron chi connectivity index (χ2n) is 5.57. The molecule has 106 valence electrons. The molecule has 1 aliphatic heterocycles. The summed E-state index contributed by atoms with van der Waals surface area (Å²) in [5.41, 5.74) is 1.34. The van der Waals surface area contributed by atoms with E-state index in [1.807, 2.05) is 6.92 Å². The fourth-order valence-electron chi connectivity index (χ4n) is 2.46. The van der Waals surface area contributed by atoms with Gasteiger partial charge in [-0.1, -0.05) is 6.92 Å². The largest absolute Gasteiger partial charge is 0.325 e. The zero-order valence-electron chi connectivity index (χ0n) is 12.1. The van der Waals surface area contributed by atoms with Crippen LogP contribution in [0.2, 0.25) is 0 Å². The van der Waals surface area contributed by atoms with E-state index in [1.165, 1.54) is 0 Å². The van der Waals surface area contributed by atoms with Gasteiger partial charge in [0.05, 0.1) is 17.7 Å². The fraction of sp³-hybridized carbons (Fsp3) is 0.500. The number of amides is 1. The smallest absolute Gasteiger partial charge is 0.241 e. The molecule has 1 aromatic carbocycles. The van der Waals surface area contributed by atoms with E-state index < -0.39 is 0 Å². The molecule has 0 spiro atoms. The standard InChI is InChI=1S/C16H21N3O/c1-12-7-9-19(10-8-12)13(2)16(20)18-15-5-3-14(11-17)4-6-15/h3-6,12-13H,7-10H2,1-2H3,(H,18,20)/t13-/m1/s1. The number of likely N-dealkylation sites (tertiary alicyclic amines) is 1. The third kappa shape index (κ3) is 3.58. The monoisotopic (exact) mass is 271 g/mol. The normalized spacial score (nSPS) is 18.2. The van der Waals surface area contributed by atoms with Crippen molar-refractivity contribution in [1.82, 2.24) is 4.90 Å². The van der Waals surface area contributed by atoms with Crippen molar-refractivity contribution in [3.63, 3.8) is 0 Å². The number of nitriles is 1. The first kappa shape index (κ1) is 14.5. The first-order valence-corrected chi connectivity index (χ1v) is 7.15. The molecule has 0 aromatic heterocycles. The van der Waals surface area contributed by atoms with E-state index in [9.17, 15) is 4.79 Å². The van der Waals surface area contributed by atoms with Crippen molar-refractivity contribution in [3.05, 3.63) is 29.8 Å². The van der Waals surface area contributed by atoms with Gasteiger partial charge in [-0.05, 0) is 63.0 Å². The molecule has 0 radical (unpaired) electrons. The van der Waals surface area contributed by atoms with Gasteiger partial charge in [0, 0.05) is 5.69 Å². The molecule has 1 aliphatic rings. The van der Waals surface area contributed by atoms with E-state index in [4.69, 9.17) is 5.26 Å². The maximum Gasteiger partial charge on any atom is 0.241 e. The maximum absolute atomic E-state index is 12.2. The van der Waals surface area contributed by atoms with E-state index in [-0.39, 0.29) is 11.9 Å². The lowest BCUT2D eigenvalue weighted by Gasteiger charge is -2.34. The Hall–Kier alpha value is -1.86. The summed E-state index contributed by atoms with van der Waals surface area (Å²) >= 11 is 0. The molecule has 20 heavy (non-hydrogen) atoms. The van der Waals surface area contributed by atoms with Crippen LogP contribution in [-0.4, -0.2) is 29.9 Å². The second kappa shape index (κ2) is 6.53. The molecule has 4 heteroatoms. The van der Waals surface area contributed by atoms with E-state index in [2.05, 4.69) is 23.2 Å². The number of piperidine rings is 1. The highest BCUT2D eigenvalue weighted by atomic mass is 16.2. The summed E-state index contributed by atoms with van der Waals surface area (Å²) in [7, 11) is 0. The molecule has 0 aliphatic carbocycles. The minimum absolute atomic E-state index is 0.0178. The number of anilines is 1. The van der Waals surface area contributed by atoms with Gasteiger partial charge in [0.25, 0.3) is 0 Å². The van der Waals surface area contributed by atoms with Crippen LogP contribution in [0.5, 0.6) is 0 Å². The number of carbonyl (C=O) groups is 1. The maximum atomic E-state index is 12.2. The predicted molar refractivity (Wildman–Crippen MR) is 79.2 cm³/mol. The minimum Gasteiger partial charge on any atom is -0.325 e. The van der Waals surface area contributed by atoms with E-state index in [0.717, 1.165) is 37.5 Å². The Morgan fingerprint density at radius 1 is 1.35 bits per heavy atom. The van der Waals surface area contributed by atoms with Gasteiger partial charge in [-0.15, -0.1) is 0 Å². The summed E-state index contributed by atoms with van der Waals surface area (Å²) in [6, 6.07) is 8.91. The Labute approximate surface area is 120 Å². The molecule has 0 saturated carbocycles. The molecular weight excluding hydrogens is 250 g/mol. The van der Waals surface area contributed by atoms with Crippen LogP contribution in [0.1, 0.15) is 32.3 Å². The number of benzene rings is 1. The SMILES string of the molecule is CC1CCN([C@H](C)C(=O)Nc2ccc(C#N)cc2)CC1. The van der Waals surface area contributed by atoms with Crippen molar-refractivity contribution in [2.75, 3.05) is 18.4 Å². The van der Waals surface area contributed by atoms with Crippen LogP contribution in [0.3, 0.4) is 0 Å².